The van der Waals surface area contributed by atoms with Crippen LogP contribution < -0.4 is 15.0 Å². The number of thiocarbonyl (C=S) groups is 1. The van der Waals surface area contributed by atoms with Crippen LogP contribution in [0.3, 0.4) is 0 Å². The molecule has 0 radical (unpaired) electrons. The normalized spacial score (nSPS) is 17.8. The summed E-state index contributed by atoms with van der Waals surface area (Å²) in [4.78, 5) is 1.92. The number of anilines is 1. The molecule has 0 aliphatic carbocycles. The molecule has 2 rings (SSSR count). The van der Waals surface area contributed by atoms with Crippen LogP contribution in [0.25, 0.3) is 0 Å². The van der Waals surface area contributed by atoms with Crippen molar-refractivity contribution in [2.45, 2.75) is 19.4 Å². The van der Waals surface area contributed by atoms with Crippen LogP contribution in [0.5, 0.6) is 5.75 Å². The zero-order valence-electron chi connectivity index (χ0n) is 10.2. The van der Waals surface area contributed by atoms with E-state index in [0.29, 0.717) is 5.11 Å². The average Bonchev–Trinajstić information content (AvgIpc) is 2.28. The molecule has 0 fully saturated rings. The highest BCUT2D eigenvalue weighted by molar-refractivity contribution is 7.80. The van der Waals surface area contributed by atoms with Gasteiger partial charge in [0, 0.05) is 6.20 Å². The largest absolute Gasteiger partial charge is 0.495 e. The Morgan fingerprint density at radius 2 is 2.00 bits per heavy atom. The van der Waals surface area contributed by atoms with Gasteiger partial charge in [-0.1, -0.05) is 12.1 Å². The van der Waals surface area contributed by atoms with E-state index in [4.69, 9.17) is 17.0 Å². The maximum absolute atomic E-state index is 5.37. The molecule has 1 aliphatic rings. The molecule has 1 aromatic carbocycles. The third-order valence-corrected chi connectivity index (χ3v) is 2.93. The third kappa shape index (κ3) is 2.42. The van der Waals surface area contributed by atoms with Crippen molar-refractivity contribution in [1.82, 2.24) is 5.32 Å². The van der Waals surface area contributed by atoms with Gasteiger partial charge in [0.15, 0.2) is 5.11 Å². The Morgan fingerprint density at radius 1 is 1.29 bits per heavy atom. The van der Waals surface area contributed by atoms with E-state index in [0.717, 1.165) is 11.4 Å². The molecule has 0 saturated heterocycles. The smallest absolute Gasteiger partial charge is 0.178 e. The average molecular weight is 248 g/mol. The minimum Gasteiger partial charge on any atom is -0.495 e. The first-order valence-corrected chi connectivity index (χ1v) is 5.88. The van der Waals surface area contributed by atoms with Gasteiger partial charge in [-0.25, -0.2) is 0 Å². The Morgan fingerprint density at radius 3 is 2.65 bits per heavy atom. The number of ether oxygens (including phenoxy) is 1. The lowest BCUT2D eigenvalue weighted by Crippen LogP contribution is -2.51. The molecular formula is C13H16N2OS. The Balaban J connectivity index is 2.38. The fourth-order valence-electron chi connectivity index (χ4n) is 1.72. The SMILES string of the molecule is COc1ccccc1N1C=CC(C)(C)NC1=S. The van der Waals surface area contributed by atoms with Gasteiger partial charge in [0.05, 0.1) is 18.3 Å². The lowest BCUT2D eigenvalue weighted by atomic mass is 10.0. The van der Waals surface area contributed by atoms with Crippen molar-refractivity contribution >= 4 is 23.0 Å². The van der Waals surface area contributed by atoms with Gasteiger partial charge in [-0.2, -0.15) is 0 Å². The summed E-state index contributed by atoms with van der Waals surface area (Å²) in [5, 5.41) is 3.95. The summed E-state index contributed by atoms with van der Waals surface area (Å²) in [6.45, 7) is 4.16. The molecule has 1 heterocycles. The summed E-state index contributed by atoms with van der Waals surface area (Å²) < 4.78 is 5.34. The molecule has 0 amide bonds. The topological polar surface area (TPSA) is 24.5 Å². The van der Waals surface area contributed by atoms with Crippen LogP contribution in [0.4, 0.5) is 5.69 Å². The quantitative estimate of drug-likeness (QED) is 0.813. The zero-order valence-corrected chi connectivity index (χ0v) is 11.0. The number of hydrogen-bond acceptors (Lipinski definition) is 2. The first-order chi connectivity index (χ1) is 8.03. The summed E-state index contributed by atoms with van der Waals surface area (Å²) in [6.07, 6.45) is 4.06. The molecule has 1 N–H and O–H groups in total. The van der Waals surface area contributed by atoms with E-state index in [-0.39, 0.29) is 5.54 Å². The van der Waals surface area contributed by atoms with Crippen molar-refractivity contribution in [3.63, 3.8) is 0 Å². The highest BCUT2D eigenvalue weighted by atomic mass is 32.1. The van der Waals surface area contributed by atoms with Gasteiger partial charge in [-0.3, -0.25) is 4.90 Å². The van der Waals surface area contributed by atoms with E-state index in [2.05, 4.69) is 25.2 Å². The highest BCUT2D eigenvalue weighted by Crippen LogP contribution is 2.30. The number of para-hydroxylation sites is 2. The van der Waals surface area contributed by atoms with Crippen LogP contribution in [-0.4, -0.2) is 17.8 Å². The van der Waals surface area contributed by atoms with E-state index in [1.807, 2.05) is 35.4 Å². The van der Waals surface area contributed by atoms with Crippen LogP contribution in [0.1, 0.15) is 13.8 Å². The van der Waals surface area contributed by atoms with Gasteiger partial charge >= 0.3 is 0 Å². The van der Waals surface area contributed by atoms with E-state index < -0.39 is 0 Å². The standard InChI is InChI=1S/C13H16N2OS/c1-13(2)8-9-15(12(17)14-13)10-6-4-5-7-11(10)16-3/h4-9H,1-3H3,(H,14,17). The zero-order chi connectivity index (χ0) is 12.5. The summed E-state index contributed by atoms with van der Waals surface area (Å²) >= 11 is 5.37. The Bertz CT molecular complexity index is 468. The second-order valence-corrected chi connectivity index (χ2v) is 4.90. The van der Waals surface area contributed by atoms with Crippen LogP contribution >= 0.6 is 12.2 Å². The molecule has 90 valence electrons. The molecule has 0 atom stereocenters. The minimum atomic E-state index is -0.102. The third-order valence-electron chi connectivity index (χ3n) is 2.63. The number of nitrogens with one attached hydrogen (secondary N) is 1. The van der Waals surface area contributed by atoms with Crippen LogP contribution in [0, 0.1) is 0 Å². The molecule has 3 nitrogen and oxygen atoms in total. The molecule has 0 bridgehead atoms. The molecule has 0 unspecified atom stereocenters. The lowest BCUT2D eigenvalue weighted by Gasteiger charge is -2.35. The maximum Gasteiger partial charge on any atom is 0.178 e. The summed E-state index contributed by atoms with van der Waals surface area (Å²) in [5.74, 6) is 0.806. The number of methoxy groups -OCH3 is 1. The summed E-state index contributed by atoms with van der Waals surface area (Å²) in [7, 11) is 1.66. The van der Waals surface area contributed by atoms with E-state index in [1.54, 1.807) is 7.11 Å². The Kier molecular flexibility index (Phi) is 3.07. The first kappa shape index (κ1) is 11.9. The predicted octanol–water partition coefficient (Wildman–Crippen LogP) is 2.68. The second-order valence-electron chi connectivity index (χ2n) is 4.51. The number of benzene rings is 1. The number of nitrogens with zero attached hydrogens (tertiary/aromatic N) is 1. The van der Waals surface area contributed by atoms with Crippen LogP contribution in [0.15, 0.2) is 36.5 Å². The molecule has 17 heavy (non-hydrogen) atoms. The van der Waals surface area contributed by atoms with Crippen molar-refractivity contribution in [2.75, 3.05) is 12.0 Å². The van der Waals surface area contributed by atoms with E-state index >= 15 is 0 Å². The number of hydrogen-bond donors (Lipinski definition) is 1. The molecule has 0 saturated carbocycles. The predicted molar refractivity (Wildman–Crippen MR) is 74.4 cm³/mol. The van der Waals surface area contributed by atoms with Crippen molar-refractivity contribution in [2.24, 2.45) is 0 Å². The summed E-state index contributed by atoms with van der Waals surface area (Å²) in [5.41, 5.74) is 0.842. The van der Waals surface area contributed by atoms with Gasteiger partial charge in [-0.05, 0) is 44.3 Å². The Hall–Kier alpha value is -1.55. The van der Waals surface area contributed by atoms with E-state index in [1.165, 1.54) is 0 Å². The van der Waals surface area contributed by atoms with Crippen LogP contribution in [-0.2, 0) is 0 Å². The molecule has 1 aromatic rings. The highest BCUT2D eigenvalue weighted by Gasteiger charge is 2.24. The molecule has 4 heteroatoms. The van der Waals surface area contributed by atoms with Gasteiger partial charge in [0.2, 0.25) is 0 Å². The van der Waals surface area contributed by atoms with Gasteiger partial charge in [0.1, 0.15) is 5.75 Å². The lowest BCUT2D eigenvalue weighted by molar-refractivity contribution is 0.415. The fourth-order valence-corrected chi connectivity index (χ4v) is 2.15. The second kappa shape index (κ2) is 4.37. The Labute approximate surface area is 107 Å². The molecule has 1 aliphatic heterocycles. The minimum absolute atomic E-state index is 0.102. The number of rotatable bonds is 2. The maximum atomic E-state index is 5.37. The monoisotopic (exact) mass is 248 g/mol. The van der Waals surface area contributed by atoms with Crippen molar-refractivity contribution in [3.8, 4) is 5.75 Å². The fraction of sp³-hybridized carbons (Fsp3) is 0.308. The van der Waals surface area contributed by atoms with Crippen molar-refractivity contribution in [1.29, 1.82) is 0 Å². The summed E-state index contributed by atoms with van der Waals surface area (Å²) in [6, 6.07) is 7.81. The van der Waals surface area contributed by atoms with Crippen LogP contribution in [0.2, 0.25) is 0 Å². The molecule has 0 spiro atoms. The molecule has 0 aromatic heterocycles. The first-order valence-electron chi connectivity index (χ1n) is 5.47. The van der Waals surface area contributed by atoms with Gasteiger partial charge < -0.3 is 10.1 Å². The van der Waals surface area contributed by atoms with E-state index in [9.17, 15) is 0 Å². The molecular weight excluding hydrogens is 232 g/mol. The van der Waals surface area contributed by atoms with Crippen molar-refractivity contribution < 1.29 is 4.74 Å². The van der Waals surface area contributed by atoms with Gasteiger partial charge in [0.25, 0.3) is 0 Å². The van der Waals surface area contributed by atoms with Gasteiger partial charge in [-0.15, -0.1) is 0 Å². The van der Waals surface area contributed by atoms with Crippen molar-refractivity contribution in [3.05, 3.63) is 36.5 Å².